The first-order valence-corrected chi connectivity index (χ1v) is 9.93. The maximum Gasteiger partial charge on any atom is 0.416 e. The summed E-state index contributed by atoms with van der Waals surface area (Å²) in [6.07, 6.45) is -2.44. The van der Waals surface area contributed by atoms with Gasteiger partial charge in [0.1, 0.15) is 18.1 Å². The van der Waals surface area contributed by atoms with Gasteiger partial charge in [0.2, 0.25) is 11.8 Å². The summed E-state index contributed by atoms with van der Waals surface area (Å²) >= 11 is 0. The number of nitrogens with one attached hydrogen (secondary N) is 2. The lowest BCUT2D eigenvalue weighted by Gasteiger charge is -2.17. The van der Waals surface area contributed by atoms with Gasteiger partial charge in [-0.3, -0.25) is 9.59 Å². The number of ether oxygens (including phenoxy) is 2. The zero-order valence-corrected chi connectivity index (χ0v) is 16.8. The summed E-state index contributed by atoms with van der Waals surface area (Å²) in [6.45, 7) is 0.775. The predicted octanol–water partition coefficient (Wildman–Crippen LogP) is 3.94. The molecule has 0 saturated heterocycles. The van der Waals surface area contributed by atoms with Crippen molar-refractivity contribution in [3.63, 3.8) is 0 Å². The molecule has 1 aliphatic rings. The second-order valence-electron chi connectivity index (χ2n) is 7.04. The van der Waals surface area contributed by atoms with Crippen LogP contribution in [0.2, 0.25) is 0 Å². The van der Waals surface area contributed by atoms with Crippen LogP contribution in [0.25, 0.3) is 0 Å². The first-order chi connectivity index (χ1) is 14.8. The van der Waals surface area contributed by atoms with Crippen molar-refractivity contribution in [2.45, 2.75) is 31.9 Å². The Morgan fingerprint density at radius 1 is 1.00 bits per heavy atom. The normalized spacial score (nSPS) is 13.2. The Morgan fingerprint density at radius 2 is 1.71 bits per heavy atom. The van der Waals surface area contributed by atoms with Crippen LogP contribution in [0, 0.1) is 0 Å². The molecule has 0 aliphatic carbocycles. The van der Waals surface area contributed by atoms with Crippen LogP contribution in [-0.4, -0.2) is 31.6 Å². The SMILES string of the molecule is O=C(CCCOc1ccc2c(c1)CCC(=O)N2)NCCOc1ccc(C(F)(F)F)cc1. The molecule has 0 spiro atoms. The molecule has 31 heavy (non-hydrogen) atoms. The summed E-state index contributed by atoms with van der Waals surface area (Å²) in [5.74, 6) is 0.852. The van der Waals surface area contributed by atoms with Crippen molar-refractivity contribution in [3.05, 3.63) is 53.6 Å². The molecule has 166 valence electrons. The molecule has 2 aromatic rings. The monoisotopic (exact) mass is 436 g/mol. The van der Waals surface area contributed by atoms with Crippen LogP contribution in [0.3, 0.4) is 0 Å². The van der Waals surface area contributed by atoms with Crippen molar-refractivity contribution in [1.82, 2.24) is 5.32 Å². The van der Waals surface area contributed by atoms with Gasteiger partial charge < -0.3 is 20.1 Å². The molecule has 0 bridgehead atoms. The van der Waals surface area contributed by atoms with Gasteiger partial charge in [0.15, 0.2) is 0 Å². The van der Waals surface area contributed by atoms with E-state index in [-0.39, 0.29) is 31.4 Å². The Labute approximate surface area is 177 Å². The highest BCUT2D eigenvalue weighted by Crippen LogP contribution is 2.30. The minimum Gasteiger partial charge on any atom is -0.494 e. The van der Waals surface area contributed by atoms with Gasteiger partial charge in [-0.25, -0.2) is 0 Å². The maximum absolute atomic E-state index is 12.5. The van der Waals surface area contributed by atoms with Crippen LogP contribution in [0.15, 0.2) is 42.5 Å². The van der Waals surface area contributed by atoms with Crippen LogP contribution in [0.1, 0.15) is 30.4 Å². The van der Waals surface area contributed by atoms with E-state index in [0.717, 1.165) is 23.4 Å². The number of carbonyl (C=O) groups is 2. The fourth-order valence-corrected chi connectivity index (χ4v) is 3.06. The van der Waals surface area contributed by atoms with Crippen molar-refractivity contribution < 1.29 is 32.2 Å². The second-order valence-corrected chi connectivity index (χ2v) is 7.04. The van der Waals surface area contributed by atoms with Gasteiger partial charge in [0.25, 0.3) is 0 Å². The molecule has 0 saturated carbocycles. The molecular weight excluding hydrogens is 413 g/mol. The zero-order valence-electron chi connectivity index (χ0n) is 16.8. The van der Waals surface area contributed by atoms with Gasteiger partial charge in [-0.15, -0.1) is 0 Å². The third-order valence-corrected chi connectivity index (χ3v) is 4.66. The second kappa shape index (κ2) is 10.2. The molecule has 0 fully saturated rings. The van der Waals surface area contributed by atoms with Gasteiger partial charge in [-0.2, -0.15) is 13.2 Å². The van der Waals surface area contributed by atoms with Gasteiger partial charge in [-0.1, -0.05) is 0 Å². The summed E-state index contributed by atoms with van der Waals surface area (Å²) in [7, 11) is 0. The van der Waals surface area contributed by atoms with Gasteiger partial charge in [-0.05, 0) is 60.9 Å². The average Bonchev–Trinajstić information content (AvgIpc) is 2.74. The standard InChI is InChI=1S/C22H23F3N2O4/c23-22(24,25)16-4-6-17(7-5-16)31-13-11-26-20(28)2-1-12-30-18-8-9-19-15(14-18)3-10-21(29)27-19/h4-9,14H,1-3,10-13H2,(H,26,28)(H,27,29). The summed E-state index contributed by atoms with van der Waals surface area (Å²) in [5, 5.41) is 5.50. The van der Waals surface area contributed by atoms with Crippen molar-refractivity contribution in [3.8, 4) is 11.5 Å². The molecule has 0 radical (unpaired) electrons. The van der Waals surface area contributed by atoms with Crippen molar-refractivity contribution in [2.75, 3.05) is 25.1 Å². The molecule has 1 aliphatic heterocycles. The van der Waals surface area contributed by atoms with E-state index >= 15 is 0 Å². The number of aryl methyl sites for hydroxylation is 1. The Balaban J connectivity index is 1.28. The summed E-state index contributed by atoms with van der Waals surface area (Å²) in [5.41, 5.74) is 1.10. The van der Waals surface area contributed by atoms with Crippen LogP contribution in [-0.2, 0) is 22.2 Å². The number of amides is 2. The van der Waals surface area contributed by atoms with E-state index in [1.165, 1.54) is 12.1 Å². The average molecular weight is 436 g/mol. The molecule has 3 rings (SSSR count). The first-order valence-electron chi connectivity index (χ1n) is 9.93. The van der Waals surface area contributed by atoms with Crippen molar-refractivity contribution in [1.29, 1.82) is 0 Å². The number of fused-ring (bicyclic) bond motifs is 1. The molecule has 2 amide bonds. The highest BCUT2D eigenvalue weighted by atomic mass is 19.4. The Kier molecular flexibility index (Phi) is 7.38. The summed E-state index contributed by atoms with van der Waals surface area (Å²) < 4.78 is 48.5. The fraction of sp³-hybridized carbons (Fsp3) is 0.364. The third kappa shape index (κ3) is 6.91. The lowest BCUT2D eigenvalue weighted by molar-refractivity contribution is -0.137. The molecule has 0 aromatic heterocycles. The number of benzene rings is 2. The van der Waals surface area contributed by atoms with E-state index in [2.05, 4.69) is 10.6 Å². The van der Waals surface area contributed by atoms with E-state index < -0.39 is 11.7 Å². The third-order valence-electron chi connectivity index (χ3n) is 4.66. The van der Waals surface area contributed by atoms with Crippen LogP contribution in [0.4, 0.5) is 18.9 Å². The van der Waals surface area contributed by atoms with E-state index in [1.54, 1.807) is 6.07 Å². The Morgan fingerprint density at radius 3 is 2.45 bits per heavy atom. The minimum absolute atomic E-state index is 0.0111. The molecule has 0 unspecified atom stereocenters. The summed E-state index contributed by atoms with van der Waals surface area (Å²) in [6, 6.07) is 9.88. The van der Waals surface area contributed by atoms with E-state index in [9.17, 15) is 22.8 Å². The molecular formula is C22H23F3N2O4. The Bertz CT molecular complexity index is 914. The number of carbonyl (C=O) groups excluding carboxylic acids is 2. The molecule has 6 nitrogen and oxygen atoms in total. The minimum atomic E-state index is -4.38. The van der Waals surface area contributed by atoms with E-state index in [1.807, 2.05) is 12.1 Å². The molecule has 2 aromatic carbocycles. The topological polar surface area (TPSA) is 76.7 Å². The lowest BCUT2D eigenvalue weighted by Crippen LogP contribution is -2.28. The van der Waals surface area contributed by atoms with Gasteiger partial charge >= 0.3 is 6.18 Å². The molecule has 0 atom stereocenters. The Hall–Kier alpha value is -3.23. The van der Waals surface area contributed by atoms with Crippen LogP contribution in [0.5, 0.6) is 11.5 Å². The highest BCUT2D eigenvalue weighted by Gasteiger charge is 2.30. The van der Waals surface area contributed by atoms with Crippen LogP contribution >= 0.6 is 0 Å². The number of alkyl halides is 3. The molecule has 1 heterocycles. The van der Waals surface area contributed by atoms with Gasteiger partial charge in [0, 0.05) is 18.5 Å². The van der Waals surface area contributed by atoms with E-state index in [0.29, 0.717) is 37.4 Å². The zero-order chi connectivity index (χ0) is 22.3. The number of hydrogen-bond donors (Lipinski definition) is 2. The number of hydrogen-bond acceptors (Lipinski definition) is 4. The quantitative estimate of drug-likeness (QED) is 0.584. The molecule has 9 heteroatoms. The van der Waals surface area contributed by atoms with Crippen molar-refractivity contribution in [2.24, 2.45) is 0 Å². The highest BCUT2D eigenvalue weighted by molar-refractivity contribution is 5.94. The summed E-state index contributed by atoms with van der Waals surface area (Å²) in [4.78, 5) is 23.2. The van der Waals surface area contributed by atoms with Crippen molar-refractivity contribution >= 4 is 17.5 Å². The van der Waals surface area contributed by atoms with E-state index in [4.69, 9.17) is 9.47 Å². The maximum atomic E-state index is 12.5. The molecule has 2 N–H and O–H groups in total. The fourth-order valence-electron chi connectivity index (χ4n) is 3.06. The number of rotatable bonds is 9. The van der Waals surface area contributed by atoms with Gasteiger partial charge in [0.05, 0.1) is 18.7 Å². The largest absolute Gasteiger partial charge is 0.494 e. The number of halogens is 3. The van der Waals surface area contributed by atoms with Crippen LogP contribution < -0.4 is 20.1 Å². The smallest absolute Gasteiger partial charge is 0.416 e. The lowest BCUT2D eigenvalue weighted by atomic mass is 10.0. The predicted molar refractivity (Wildman–Crippen MR) is 108 cm³/mol. The first kappa shape index (κ1) is 22.5. The number of anilines is 1.